The molecule has 2 heterocycles. The molecule has 0 bridgehead atoms. The fourth-order valence-electron chi connectivity index (χ4n) is 4.38. The minimum Gasteiger partial charge on any atom is -0.325 e. The Balaban J connectivity index is 1.28. The van der Waals surface area contributed by atoms with Crippen molar-refractivity contribution in [3.63, 3.8) is 0 Å². The molecule has 5 rings (SSSR count). The fourth-order valence-corrected chi connectivity index (χ4v) is 6.81. The van der Waals surface area contributed by atoms with Crippen LogP contribution in [0.4, 0.5) is 5.69 Å². The molecule has 196 valence electrons. The first-order valence-corrected chi connectivity index (χ1v) is 15.1. The molecule has 0 saturated carbocycles. The summed E-state index contributed by atoms with van der Waals surface area (Å²) < 4.78 is 29.3. The Morgan fingerprint density at radius 2 is 1.61 bits per heavy atom. The summed E-state index contributed by atoms with van der Waals surface area (Å²) in [5, 5.41) is 4.19. The van der Waals surface area contributed by atoms with E-state index in [0.29, 0.717) is 29.0 Å². The molecular formula is C28H27ClN4O3S2. The number of thioether (sulfide) groups is 1. The van der Waals surface area contributed by atoms with Crippen LogP contribution in [0.1, 0.15) is 19.3 Å². The van der Waals surface area contributed by atoms with Gasteiger partial charge in [-0.3, -0.25) is 9.36 Å². The normalized spacial score (nSPS) is 14.3. The van der Waals surface area contributed by atoms with E-state index < -0.39 is 10.0 Å². The number of sulfonamides is 1. The number of hydrogen-bond acceptors (Lipinski definition) is 5. The zero-order chi connectivity index (χ0) is 26.5. The highest BCUT2D eigenvalue weighted by atomic mass is 35.5. The maximum atomic E-state index is 12.9. The smallest absolute Gasteiger partial charge is 0.243 e. The summed E-state index contributed by atoms with van der Waals surface area (Å²) in [6.07, 6.45) is 4.62. The molecule has 1 aromatic heterocycles. The number of piperidine rings is 1. The summed E-state index contributed by atoms with van der Waals surface area (Å²) in [5.74, 6) is -0.0742. The third-order valence-electron chi connectivity index (χ3n) is 6.31. The molecule has 10 heteroatoms. The number of halogens is 1. The SMILES string of the molecule is O=C(CSc1ncc(-c2ccc(Cl)cc2)n1-c1ccccc1)Nc1ccc(S(=O)(=O)N2CCCCC2)cc1. The van der Waals surface area contributed by atoms with E-state index in [0.717, 1.165) is 36.2 Å². The van der Waals surface area contributed by atoms with Crippen LogP contribution in [0.3, 0.4) is 0 Å². The maximum absolute atomic E-state index is 12.9. The van der Waals surface area contributed by atoms with Gasteiger partial charge in [0.15, 0.2) is 5.16 Å². The minimum atomic E-state index is -3.51. The summed E-state index contributed by atoms with van der Waals surface area (Å²) in [6.45, 7) is 1.10. The van der Waals surface area contributed by atoms with Crippen LogP contribution in [0.2, 0.25) is 5.02 Å². The van der Waals surface area contributed by atoms with Gasteiger partial charge >= 0.3 is 0 Å². The number of nitrogens with one attached hydrogen (secondary N) is 1. The summed E-state index contributed by atoms with van der Waals surface area (Å²) in [7, 11) is -3.51. The van der Waals surface area contributed by atoms with Crippen LogP contribution in [0.25, 0.3) is 16.9 Å². The van der Waals surface area contributed by atoms with Gasteiger partial charge in [-0.25, -0.2) is 13.4 Å². The molecular weight excluding hydrogens is 540 g/mol. The molecule has 7 nitrogen and oxygen atoms in total. The van der Waals surface area contributed by atoms with E-state index in [2.05, 4.69) is 10.3 Å². The highest BCUT2D eigenvalue weighted by molar-refractivity contribution is 7.99. The molecule has 1 amide bonds. The molecule has 1 aliphatic rings. The van der Waals surface area contributed by atoms with Gasteiger partial charge in [0.25, 0.3) is 0 Å². The first-order chi connectivity index (χ1) is 18.4. The van der Waals surface area contributed by atoms with Crippen LogP contribution in [0.15, 0.2) is 95.1 Å². The topological polar surface area (TPSA) is 84.3 Å². The lowest BCUT2D eigenvalue weighted by molar-refractivity contribution is -0.113. The predicted octanol–water partition coefficient (Wildman–Crippen LogP) is 6.10. The maximum Gasteiger partial charge on any atom is 0.243 e. The molecule has 1 aliphatic heterocycles. The molecule has 38 heavy (non-hydrogen) atoms. The zero-order valence-corrected chi connectivity index (χ0v) is 23.0. The van der Waals surface area contributed by atoms with Crippen molar-refractivity contribution < 1.29 is 13.2 Å². The summed E-state index contributed by atoms with van der Waals surface area (Å²) in [6, 6.07) is 23.7. The quantitative estimate of drug-likeness (QED) is 0.261. The summed E-state index contributed by atoms with van der Waals surface area (Å²) in [5.41, 5.74) is 3.33. The molecule has 0 aliphatic carbocycles. The van der Waals surface area contributed by atoms with Crippen molar-refractivity contribution in [2.75, 3.05) is 24.2 Å². The number of imidazole rings is 1. The number of benzene rings is 3. The standard InChI is InChI=1S/C28H27ClN4O3S2/c29-22-11-9-21(10-12-22)26-19-30-28(33(26)24-7-3-1-4-8-24)37-20-27(34)31-23-13-15-25(16-14-23)38(35,36)32-17-5-2-6-18-32/h1,3-4,7-16,19H,2,5-6,17-18,20H2,(H,31,34). The number of carbonyl (C=O) groups excluding carboxylic acids is 1. The van der Waals surface area contributed by atoms with Gasteiger partial charge in [0.2, 0.25) is 15.9 Å². The molecule has 3 aromatic carbocycles. The highest BCUT2D eigenvalue weighted by Gasteiger charge is 2.25. The van der Waals surface area contributed by atoms with Crippen LogP contribution >= 0.6 is 23.4 Å². The van der Waals surface area contributed by atoms with Crippen LogP contribution < -0.4 is 5.32 Å². The molecule has 0 spiro atoms. The van der Waals surface area contributed by atoms with Gasteiger partial charge < -0.3 is 5.32 Å². The monoisotopic (exact) mass is 566 g/mol. The Hall–Kier alpha value is -3.11. The number of nitrogens with zero attached hydrogens (tertiary/aromatic N) is 3. The lowest BCUT2D eigenvalue weighted by Gasteiger charge is -2.25. The third-order valence-corrected chi connectivity index (χ3v) is 9.42. The number of aromatic nitrogens is 2. The van der Waals surface area contributed by atoms with E-state index in [-0.39, 0.29) is 16.6 Å². The van der Waals surface area contributed by atoms with Gasteiger partial charge in [-0.1, -0.05) is 60.1 Å². The molecule has 0 radical (unpaired) electrons. The molecule has 1 fully saturated rings. The average molecular weight is 567 g/mol. The molecule has 1 saturated heterocycles. The van der Waals surface area contributed by atoms with E-state index in [1.165, 1.54) is 16.1 Å². The van der Waals surface area contributed by atoms with Gasteiger partial charge in [-0.05, 0) is 61.4 Å². The Kier molecular flexibility index (Phi) is 8.18. The van der Waals surface area contributed by atoms with Gasteiger partial charge in [-0.2, -0.15) is 4.31 Å². The van der Waals surface area contributed by atoms with E-state index >= 15 is 0 Å². The number of para-hydroxylation sites is 1. The van der Waals surface area contributed by atoms with Crippen molar-refractivity contribution >= 4 is 45.0 Å². The molecule has 0 atom stereocenters. The second kappa shape index (κ2) is 11.7. The molecule has 4 aromatic rings. The van der Waals surface area contributed by atoms with E-state index in [1.807, 2.05) is 59.2 Å². The van der Waals surface area contributed by atoms with Crippen molar-refractivity contribution in [1.29, 1.82) is 0 Å². The van der Waals surface area contributed by atoms with Crippen LogP contribution in [0.5, 0.6) is 0 Å². The van der Waals surface area contributed by atoms with Crippen LogP contribution in [0, 0.1) is 0 Å². The van der Waals surface area contributed by atoms with Gasteiger partial charge in [0.05, 0.1) is 22.5 Å². The third kappa shape index (κ3) is 5.96. The summed E-state index contributed by atoms with van der Waals surface area (Å²) >= 11 is 7.40. The summed E-state index contributed by atoms with van der Waals surface area (Å²) in [4.78, 5) is 17.6. The first kappa shape index (κ1) is 26.5. The zero-order valence-electron chi connectivity index (χ0n) is 20.6. The number of rotatable bonds is 8. The van der Waals surface area contributed by atoms with Crippen molar-refractivity contribution in [2.24, 2.45) is 0 Å². The predicted molar refractivity (Wildman–Crippen MR) is 152 cm³/mol. The Labute approximate surface area is 231 Å². The van der Waals surface area contributed by atoms with E-state index in [4.69, 9.17) is 11.6 Å². The number of carbonyl (C=O) groups is 1. The lowest BCUT2D eigenvalue weighted by atomic mass is 10.1. The van der Waals surface area contributed by atoms with Crippen molar-refractivity contribution in [3.8, 4) is 16.9 Å². The Bertz CT molecular complexity index is 1500. The Morgan fingerprint density at radius 3 is 2.29 bits per heavy atom. The number of anilines is 1. The van der Waals surface area contributed by atoms with Gasteiger partial charge in [-0.15, -0.1) is 0 Å². The van der Waals surface area contributed by atoms with Crippen LogP contribution in [-0.4, -0.2) is 47.0 Å². The van der Waals surface area contributed by atoms with Crippen molar-refractivity contribution in [3.05, 3.63) is 90.1 Å². The highest BCUT2D eigenvalue weighted by Crippen LogP contribution is 2.31. The molecule has 1 N–H and O–H groups in total. The minimum absolute atomic E-state index is 0.137. The number of amides is 1. The van der Waals surface area contributed by atoms with E-state index in [9.17, 15) is 13.2 Å². The largest absolute Gasteiger partial charge is 0.325 e. The second-order valence-electron chi connectivity index (χ2n) is 8.93. The second-order valence-corrected chi connectivity index (χ2v) is 12.2. The van der Waals surface area contributed by atoms with Gasteiger partial charge in [0, 0.05) is 35.1 Å². The Morgan fingerprint density at radius 1 is 0.921 bits per heavy atom. The lowest BCUT2D eigenvalue weighted by Crippen LogP contribution is -2.35. The number of hydrogen-bond donors (Lipinski definition) is 1. The van der Waals surface area contributed by atoms with E-state index in [1.54, 1.807) is 30.5 Å². The van der Waals surface area contributed by atoms with Gasteiger partial charge in [0.1, 0.15) is 0 Å². The average Bonchev–Trinajstić information content (AvgIpc) is 3.37. The fraction of sp³-hybridized carbons (Fsp3) is 0.214. The first-order valence-electron chi connectivity index (χ1n) is 12.3. The van der Waals surface area contributed by atoms with Crippen LogP contribution in [-0.2, 0) is 14.8 Å². The van der Waals surface area contributed by atoms with Crippen molar-refractivity contribution in [2.45, 2.75) is 29.3 Å². The van der Waals surface area contributed by atoms with Crippen molar-refractivity contribution in [1.82, 2.24) is 13.9 Å². The molecule has 0 unspecified atom stereocenters.